The van der Waals surface area contributed by atoms with E-state index >= 15 is 8.78 Å². The number of nitriles is 1. The smallest absolute Gasteiger partial charge is 0.429 e. The molecule has 0 aliphatic rings. The first kappa shape index (κ1) is 30.5. The number of ether oxygens (including phenoxy) is 1. The minimum Gasteiger partial charge on any atom is -0.429 e. The largest absolute Gasteiger partial charge is 0.429 e. The predicted octanol–water partition coefficient (Wildman–Crippen LogP) is 10.8. The second kappa shape index (κ2) is 13.1. The van der Waals surface area contributed by atoms with Gasteiger partial charge in [0, 0.05) is 5.56 Å². The summed E-state index contributed by atoms with van der Waals surface area (Å²) in [4.78, 5) is 0. The van der Waals surface area contributed by atoms with Crippen molar-refractivity contribution in [3.05, 3.63) is 137 Å². The summed E-state index contributed by atoms with van der Waals surface area (Å²) in [5.74, 6) is -2.67. The highest BCUT2D eigenvalue weighted by Gasteiger charge is 2.37. The van der Waals surface area contributed by atoms with E-state index in [1.165, 1.54) is 60.2 Å². The summed E-state index contributed by atoms with van der Waals surface area (Å²) < 4.78 is 78.8. The fourth-order valence-electron chi connectivity index (χ4n) is 4.99. The van der Waals surface area contributed by atoms with Crippen molar-refractivity contribution in [2.24, 2.45) is 0 Å². The first-order valence-corrected chi connectivity index (χ1v) is 14.2. The molecular weight excluding hydrogens is 569 g/mol. The number of alkyl halides is 2. The van der Waals surface area contributed by atoms with Crippen molar-refractivity contribution in [3.8, 4) is 45.2 Å². The molecule has 0 spiro atoms. The van der Waals surface area contributed by atoms with Gasteiger partial charge in [-0.3, -0.25) is 0 Å². The van der Waals surface area contributed by atoms with Crippen molar-refractivity contribution in [1.29, 1.82) is 5.26 Å². The minimum absolute atomic E-state index is 0.142. The third-order valence-corrected chi connectivity index (χ3v) is 7.44. The zero-order chi connectivity index (χ0) is 31.3. The van der Waals surface area contributed by atoms with Crippen LogP contribution in [0.4, 0.5) is 22.0 Å². The van der Waals surface area contributed by atoms with Gasteiger partial charge in [0.05, 0.1) is 11.1 Å². The van der Waals surface area contributed by atoms with Gasteiger partial charge in [0.1, 0.15) is 29.3 Å². The number of aryl methyl sites for hydroxylation is 1. The van der Waals surface area contributed by atoms with Gasteiger partial charge < -0.3 is 4.74 Å². The van der Waals surface area contributed by atoms with E-state index in [2.05, 4.69) is 6.92 Å². The second-order valence-corrected chi connectivity index (χ2v) is 10.5. The van der Waals surface area contributed by atoms with E-state index in [-0.39, 0.29) is 22.4 Å². The topological polar surface area (TPSA) is 33.0 Å². The maximum atomic E-state index is 15.0. The van der Waals surface area contributed by atoms with Crippen LogP contribution in [0.25, 0.3) is 33.4 Å². The number of hydrogen-bond donors (Lipinski definition) is 0. The lowest BCUT2D eigenvalue weighted by Crippen LogP contribution is -2.23. The van der Waals surface area contributed by atoms with Gasteiger partial charge >= 0.3 is 6.11 Å². The van der Waals surface area contributed by atoms with Crippen LogP contribution in [-0.2, 0) is 12.5 Å². The number of nitrogens with zero attached hydrogens (tertiary/aromatic N) is 1. The van der Waals surface area contributed by atoms with Gasteiger partial charge in [0.2, 0.25) is 0 Å². The Morgan fingerprint density at radius 3 is 1.80 bits per heavy atom. The predicted molar refractivity (Wildman–Crippen MR) is 162 cm³/mol. The van der Waals surface area contributed by atoms with Gasteiger partial charge in [0.15, 0.2) is 0 Å². The first-order valence-electron chi connectivity index (χ1n) is 14.2. The van der Waals surface area contributed by atoms with Gasteiger partial charge in [0.25, 0.3) is 0 Å². The number of benzene rings is 5. The summed E-state index contributed by atoms with van der Waals surface area (Å²) in [5.41, 5.74) is 2.73. The van der Waals surface area contributed by atoms with E-state index in [9.17, 15) is 13.2 Å². The van der Waals surface area contributed by atoms with Gasteiger partial charge in [-0.1, -0.05) is 80.4 Å². The molecule has 0 fully saturated rings. The van der Waals surface area contributed by atoms with Crippen LogP contribution in [0.1, 0.15) is 42.9 Å². The van der Waals surface area contributed by atoms with Crippen LogP contribution in [0.2, 0.25) is 0 Å². The maximum Gasteiger partial charge on any atom is 0.429 e. The van der Waals surface area contributed by atoms with Crippen LogP contribution in [0, 0.1) is 28.8 Å². The van der Waals surface area contributed by atoms with Gasteiger partial charge in [-0.05, 0) is 88.7 Å². The Hall–Kier alpha value is -4.96. The Labute approximate surface area is 253 Å². The molecule has 222 valence electrons. The lowest BCUT2D eigenvalue weighted by molar-refractivity contribution is -0.187. The number of unbranched alkanes of at least 4 members (excludes halogenated alkanes) is 2. The Kier molecular flexibility index (Phi) is 9.10. The van der Waals surface area contributed by atoms with Crippen molar-refractivity contribution >= 4 is 0 Å². The van der Waals surface area contributed by atoms with Crippen molar-refractivity contribution in [2.75, 3.05) is 0 Å². The average molecular weight is 598 g/mol. The zero-order valence-corrected chi connectivity index (χ0v) is 23.9. The summed E-state index contributed by atoms with van der Waals surface area (Å²) >= 11 is 0. The first-order chi connectivity index (χ1) is 21.2. The van der Waals surface area contributed by atoms with Crippen molar-refractivity contribution in [3.63, 3.8) is 0 Å². The quantitative estimate of drug-likeness (QED) is 0.119. The third kappa shape index (κ3) is 6.81. The van der Waals surface area contributed by atoms with E-state index in [0.29, 0.717) is 16.7 Å². The molecule has 0 aliphatic carbocycles. The number of halogens is 5. The van der Waals surface area contributed by atoms with Crippen LogP contribution < -0.4 is 4.74 Å². The molecule has 7 heteroatoms. The highest BCUT2D eigenvalue weighted by molar-refractivity contribution is 5.72. The number of hydrogen-bond acceptors (Lipinski definition) is 2. The molecule has 0 N–H and O–H groups in total. The van der Waals surface area contributed by atoms with Gasteiger partial charge in [-0.15, -0.1) is 0 Å². The van der Waals surface area contributed by atoms with Crippen LogP contribution in [0.3, 0.4) is 0 Å². The highest BCUT2D eigenvalue weighted by atomic mass is 19.3. The second-order valence-electron chi connectivity index (χ2n) is 10.5. The molecule has 5 aromatic rings. The molecule has 0 aliphatic heterocycles. The normalized spacial score (nSPS) is 11.3. The minimum atomic E-state index is -3.95. The molecule has 0 radical (unpaired) electrons. The lowest BCUT2D eigenvalue weighted by atomic mass is 9.98. The Balaban J connectivity index is 1.28. The third-order valence-electron chi connectivity index (χ3n) is 7.44. The lowest BCUT2D eigenvalue weighted by Gasteiger charge is -2.19. The van der Waals surface area contributed by atoms with Crippen molar-refractivity contribution in [1.82, 2.24) is 0 Å². The molecule has 0 bridgehead atoms. The van der Waals surface area contributed by atoms with Gasteiger partial charge in [-0.2, -0.15) is 14.0 Å². The zero-order valence-electron chi connectivity index (χ0n) is 23.9. The van der Waals surface area contributed by atoms with Crippen molar-refractivity contribution < 1.29 is 26.7 Å². The number of rotatable bonds is 10. The fraction of sp³-hybridized carbons (Fsp3) is 0.162. The van der Waals surface area contributed by atoms with E-state index in [1.807, 2.05) is 24.3 Å². The molecule has 0 saturated heterocycles. The van der Waals surface area contributed by atoms with E-state index < -0.39 is 29.1 Å². The molecule has 2 nitrogen and oxygen atoms in total. The molecule has 0 heterocycles. The van der Waals surface area contributed by atoms with E-state index in [0.717, 1.165) is 49.4 Å². The summed E-state index contributed by atoms with van der Waals surface area (Å²) in [6.07, 6.45) is 0.378. The van der Waals surface area contributed by atoms with Crippen LogP contribution in [0.15, 0.2) is 103 Å². The summed E-state index contributed by atoms with van der Waals surface area (Å²) in [6.45, 7) is 2.14. The summed E-state index contributed by atoms with van der Waals surface area (Å²) in [6, 6.07) is 26.6. The molecule has 5 rings (SSSR count). The molecule has 0 aromatic heterocycles. The van der Waals surface area contributed by atoms with Crippen LogP contribution in [0.5, 0.6) is 5.75 Å². The molecule has 44 heavy (non-hydrogen) atoms. The molecule has 5 aromatic carbocycles. The standard InChI is InChI=1S/C37H28F5NO/c1-2-3-4-5-24-6-8-25(9-7-24)28-15-19-33(36(40)21-28)37(41,42)44-31-16-12-26(13-17-31)27-14-18-32(35(39)20-27)29-10-11-30(23-43)34(38)22-29/h6-22H,2-5H2,1H3. The van der Waals surface area contributed by atoms with Crippen LogP contribution in [-0.4, -0.2) is 0 Å². The molecule has 0 amide bonds. The summed E-state index contributed by atoms with van der Waals surface area (Å²) in [5, 5.41) is 8.90. The monoisotopic (exact) mass is 597 g/mol. The SMILES string of the molecule is CCCCCc1ccc(-c2ccc(C(F)(F)Oc3ccc(-c4ccc(-c5ccc(C#N)c(F)c5)c(F)c4)cc3)c(F)c2)cc1. The fourth-order valence-corrected chi connectivity index (χ4v) is 4.99. The molecule has 0 saturated carbocycles. The molecule has 0 unspecified atom stereocenters. The molecule has 0 atom stereocenters. The van der Waals surface area contributed by atoms with E-state index in [4.69, 9.17) is 10.00 Å². The Bertz CT molecular complexity index is 1810. The average Bonchev–Trinajstić information content (AvgIpc) is 3.01. The Morgan fingerprint density at radius 1 is 0.636 bits per heavy atom. The highest BCUT2D eigenvalue weighted by Crippen LogP contribution is 2.36. The summed E-state index contributed by atoms with van der Waals surface area (Å²) in [7, 11) is 0. The van der Waals surface area contributed by atoms with Crippen molar-refractivity contribution in [2.45, 2.75) is 38.7 Å². The van der Waals surface area contributed by atoms with E-state index in [1.54, 1.807) is 12.1 Å². The Morgan fingerprint density at radius 2 is 1.20 bits per heavy atom. The maximum absolute atomic E-state index is 15.0. The van der Waals surface area contributed by atoms with Gasteiger partial charge in [-0.25, -0.2) is 13.2 Å². The molecular formula is C37H28F5NO. The van der Waals surface area contributed by atoms with Crippen LogP contribution >= 0.6 is 0 Å².